The second-order valence-corrected chi connectivity index (χ2v) is 9.77. The fourth-order valence-corrected chi connectivity index (χ4v) is 4.85. The quantitative estimate of drug-likeness (QED) is 0.655. The molecule has 1 aliphatic heterocycles. The van der Waals surface area contributed by atoms with Crippen molar-refractivity contribution in [3.05, 3.63) is 36.4 Å². The van der Waals surface area contributed by atoms with E-state index in [1.165, 1.54) is 7.11 Å². The number of fused-ring (bicyclic) bond motifs is 1. The molecule has 0 saturated carbocycles. The van der Waals surface area contributed by atoms with Crippen molar-refractivity contribution in [3.63, 3.8) is 0 Å². The zero-order chi connectivity index (χ0) is 22.4. The number of aromatic nitrogens is 3. The summed E-state index contributed by atoms with van der Waals surface area (Å²) < 4.78 is 5.09. The standard InChI is InChI=1S/C24H31N5O2/c1-23(2)13-17(14-24(3,4)28-23)29(5)21-10-9-19(26-27-21)15-7-8-18-16(11-15)12-20(30)22(25-18)31-6/h7-12,17,28,30H,13-14H2,1-6H3. The Morgan fingerprint density at radius 2 is 1.74 bits per heavy atom. The summed E-state index contributed by atoms with van der Waals surface area (Å²) in [5.74, 6) is 1.10. The summed E-state index contributed by atoms with van der Waals surface area (Å²) in [7, 11) is 3.59. The molecule has 1 aromatic carbocycles. The molecule has 164 valence electrons. The van der Waals surface area contributed by atoms with Gasteiger partial charge >= 0.3 is 0 Å². The van der Waals surface area contributed by atoms with E-state index in [0.717, 1.165) is 40.8 Å². The number of anilines is 1. The highest BCUT2D eigenvalue weighted by atomic mass is 16.5. The average molecular weight is 422 g/mol. The molecule has 0 radical (unpaired) electrons. The van der Waals surface area contributed by atoms with Crippen LogP contribution >= 0.6 is 0 Å². The molecule has 7 nitrogen and oxygen atoms in total. The van der Waals surface area contributed by atoms with E-state index in [0.29, 0.717) is 6.04 Å². The van der Waals surface area contributed by atoms with Crippen molar-refractivity contribution in [1.82, 2.24) is 20.5 Å². The number of nitrogens with zero attached hydrogens (tertiary/aromatic N) is 4. The molecular weight excluding hydrogens is 390 g/mol. The van der Waals surface area contributed by atoms with Crippen molar-refractivity contribution in [2.45, 2.75) is 57.7 Å². The highest BCUT2D eigenvalue weighted by Crippen LogP contribution is 2.33. The minimum Gasteiger partial charge on any atom is -0.503 e. The zero-order valence-corrected chi connectivity index (χ0v) is 19.1. The molecule has 4 rings (SSSR count). The molecule has 0 amide bonds. The summed E-state index contributed by atoms with van der Waals surface area (Å²) in [6.45, 7) is 9.02. The molecule has 1 fully saturated rings. The van der Waals surface area contributed by atoms with Crippen LogP contribution in [0.3, 0.4) is 0 Å². The maximum atomic E-state index is 10.0. The predicted octanol–water partition coefficient (Wildman–Crippen LogP) is 4.15. The third-order valence-electron chi connectivity index (χ3n) is 5.98. The maximum absolute atomic E-state index is 10.0. The van der Waals surface area contributed by atoms with Gasteiger partial charge in [-0.2, -0.15) is 0 Å². The van der Waals surface area contributed by atoms with Gasteiger partial charge in [0, 0.05) is 35.1 Å². The van der Waals surface area contributed by atoms with Gasteiger partial charge in [0.15, 0.2) is 11.6 Å². The van der Waals surface area contributed by atoms with Crippen molar-refractivity contribution in [2.24, 2.45) is 0 Å². The first kappa shape index (κ1) is 21.3. The summed E-state index contributed by atoms with van der Waals surface area (Å²) in [4.78, 5) is 6.57. The molecule has 2 N–H and O–H groups in total. The van der Waals surface area contributed by atoms with Crippen LogP contribution in [0.2, 0.25) is 0 Å². The monoisotopic (exact) mass is 421 g/mol. The molecule has 3 aromatic rings. The van der Waals surface area contributed by atoms with E-state index in [2.05, 4.69) is 60.1 Å². The minimum absolute atomic E-state index is 0.0167. The van der Waals surface area contributed by atoms with Gasteiger partial charge in [-0.25, -0.2) is 4.98 Å². The number of methoxy groups -OCH3 is 1. The van der Waals surface area contributed by atoms with Crippen LogP contribution in [0.25, 0.3) is 22.2 Å². The molecule has 0 atom stereocenters. The molecule has 0 bridgehead atoms. The first-order chi connectivity index (χ1) is 14.6. The van der Waals surface area contributed by atoms with E-state index in [-0.39, 0.29) is 22.7 Å². The molecule has 2 aromatic heterocycles. The van der Waals surface area contributed by atoms with Gasteiger partial charge in [0.1, 0.15) is 0 Å². The Morgan fingerprint density at radius 1 is 1.03 bits per heavy atom. The Hall–Kier alpha value is -2.93. The predicted molar refractivity (Wildman–Crippen MR) is 124 cm³/mol. The second kappa shape index (κ2) is 7.64. The van der Waals surface area contributed by atoms with Crippen LogP contribution in [0.15, 0.2) is 36.4 Å². The lowest BCUT2D eigenvalue weighted by atomic mass is 9.79. The summed E-state index contributed by atoms with van der Waals surface area (Å²) in [5, 5.41) is 23.6. The van der Waals surface area contributed by atoms with Crippen LogP contribution in [0.4, 0.5) is 5.82 Å². The molecule has 0 aliphatic carbocycles. The van der Waals surface area contributed by atoms with Crippen molar-refractivity contribution in [3.8, 4) is 22.9 Å². The van der Waals surface area contributed by atoms with Gasteiger partial charge in [-0.15, -0.1) is 10.2 Å². The van der Waals surface area contributed by atoms with E-state index in [1.807, 2.05) is 30.3 Å². The second-order valence-electron chi connectivity index (χ2n) is 9.77. The highest BCUT2D eigenvalue weighted by Gasteiger charge is 2.39. The summed E-state index contributed by atoms with van der Waals surface area (Å²) >= 11 is 0. The number of nitrogens with one attached hydrogen (secondary N) is 1. The van der Waals surface area contributed by atoms with Crippen molar-refractivity contribution in [1.29, 1.82) is 0 Å². The van der Waals surface area contributed by atoms with E-state index in [9.17, 15) is 5.11 Å². The van der Waals surface area contributed by atoms with Crippen LogP contribution in [0.1, 0.15) is 40.5 Å². The number of benzene rings is 1. The van der Waals surface area contributed by atoms with Gasteiger partial charge < -0.3 is 20.1 Å². The minimum atomic E-state index is 0.0167. The smallest absolute Gasteiger partial charge is 0.257 e. The Balaban J connectivity index is 1.58. The fraction of sp³-hybridized carbons (Fsp3) is 0.458. The molecule has 31 heavy (non-hydrogen) atoms. The van der Waals surface area contributed by atoms with Crippen molar-refractivity contribution < 1.29 is 9.84 Å². The third kappa shape index (κ3) is 4.42. The van der Waals surface area contributed by atoms with Crippen LogP contribution in [0.5, 0.6) is 11.6 Å². The molecule has 0 spiro atoms. The van der Waals surface area contributed by atoms with Crippen LogP contribution < -0.4 is 15.0 Å². The van der Waals surface area contributed by atoms with Gasteiger partial charge in [-0.1, -0.05) is 6.07 Å². The number of hydrogen-bond acceptors (Lipinski definition) is 7. The lowest BCUT2D eigenvalue weighted by molar-refractivity contribution is 0.160. The van der Waals surface area contributed by atoms with Crippen molar-refractivity contribution in [2.75, 3.05) is 19.1 Å². The normalized spacial score (nSPS) is 18.1. The van der Waals surface area contributed by atoms with E-state index in [1.54, 1.807) is 6.07 Å². The van der Waals surface area contributed by atoms with Crippen LogP contribution in [0, 0.1) is 0 Å². The molecule has 1 aliphatic rings. The van der Waals surface area contributed by atoms with Crippen LogP contribution in [-0.2, 0) is 0 Å². The average Bonchev–Trinajstić information content (AvgIpc) is 2.70. The molecule has 1 saturated heterocycles. The SMILES string of the molecule is COc1nc2ccc(-c3ccc(N(C)C4CC(C)(C)NC(C)(C)C4)nn3)cc2cc1O. The molecule has 7 heteroatoms. The largest absolute Gasteiger partial charge is 0.503 e. The van der Waals surface area contributed by atoms with Crippen molar-refractivity contribution >= 4 is 16.7 Å². The molecule has 3 heterocycles. The van der Waals surface area contributed by atoms with Gasteiger partial charge in [0.25, 0.3) is 5.88 Å². The Morgan fingerprint density at radius 3 is 2.35 bits per heavy atom. The number of hydrogen-bond donors (Lipinski definition) is 2. The third-order valence-corrected chi connectivity index (χ3v) is 5.98. The fourth-order valence-electron chi connectivity index (χ4n) is 4.85. The number of pyridine rings is 1. The Bertz CT molecular complexity index is 1080. The summed E-state index contributed by atoms with van der Waals surface area (Å²) in [6.07, 6.45) is 2.09. The van der Waals surface area contributed by atoms with Crippen LogP contribution in [-0.4, -0.2) is 51.6 Å². The van der Waals surface area contributed by atoms with Gasteiger partial charge in [-0.3, -0.25) is 0 Å². The Labute approximate surface area is 183 Å². The van der Waals surface area contributed by atoms with E-state index in [4.69, 9.17) is 4.74 Å². The summed E-state index contributed by atoms with van der Waals surface area (Å²) in [5.41, 5.74) is 2.59. The van der Waals surface area contributed by atoms with E-state index < -0.39 is 0 Å². The lowest BCUT2D eigenvalue weighted by Crippen LogP contribution is -2.62. The zero-order valence-electron chi connectivity index (χ0n) is 19.1. The van der Waals surface area contributed by atoms with E-state index >= 15 is 0 Å². The van der Waals surface area contributed by atoms with Gasteiger partial charge in [-0.05, 0) is 70.9 Å². The summed E-state index contributed by atoms with van der Waals surface area (Å²) in [6, 6.07) is 11.9. The molecule has 0 unspecified atom stereocenters. The number of rotatable bonds is 4. The Kier molecular flexibility index (Phi) is 5.25. The maximum Gasteiger partial charge on any atom is 0.257 e. The topological polar surface area (TPSA) is 83.4 Å². The first-order valence-electron chi connectivity index (χ1n) is 10.6. The number of aromatic hydroxyl groups is 1. The number of ether oxygens (including phenoxy) is 1. The molecular formula is C24H31N5O2. The van der Waals surface area contributed by atoms with Gasteiger partial charge in [0.2, 0.25) is 0 Å². The lowest BCUT2D eigenvalue weighted by Gasteiger charge is -2.49. The van der Waals surface area contributed by atoms with Gasteiger partial charge in [0.05, 0.1) is 18.3 Å². The number of piperidine rings is 1. The highest BCUT2D eigenvalue weighted by molar-refractivity contribution is 5.85. The first-order valence-corrected chi connectivity index (χ1v) is 10.6.